The molecule has 0 radical (unpaired) electrons. The Labute approximate surface area is 96.5 Å². The van der Waals surface area contributed by atoms with Gasteiger partial charge in [-0.15, -0.1) is 0 Å². The molecule has 0 bridgehead atoms. The van der Waals surface area contributed by atoms with Crippen molar-refractivity contribution in [1.82, 2.24) is 4.98 Å². The fourth-order valence-electron chi connectivity index (χ4n) is 1.86. The Bertz CT molecular complexity index is 311. The summed E-state index contributed by atoms with van der Waals surface area (Å²) in [6.45, 7) is 2.15. The molecule has 0 amide bonds. The van der Waals surface area contributed by atoms with Crippen molar-refractivity contribution in [1.29, 1.82) is 0 Å². The highest BCUT2D eigenvalue weighted by Crippen LogP contribution is 2.25. The first-order valence-electron chi connectivity index (χ1n) is 5.85. The van der Waals surface area contributed by atoms with Gasteiger partial charge in [-0.3, -0.25) is 9.78 Å². The molecule has 0 aliphatic rings. The molecule has 1 rings (SSSR count). The summed E-state index contributed by atoms with van der Waals surface area (Å²) in [6.07, 6.45) is 8.04. The number of pyridine rings is 1. The quantitative estimate of drug-likeness (QED) is 0.719. The van der Waals surface area contributed by atoms with E-state index in [0.717, 1.165) is 31.2 Å². The zero-order valence-corrected chi connectivity index (χ0v) is 9.72. The van der Waals surface area contributed by atoms with Gasteiger partial charge >= 0.3 is 5.97 Å². The number of hydrogen-bond acceptors (Lipinski definition) is 2. The first-order valence-corrected chi connectivity index (χ1v) is 5.85. The molecule has 1 unspecified atom stereocenters. The molecule has 1 heterocycles. The molecule has 16 heavy (non-hydrogen) atoms. The summed E-state index contributed by atoms with van der Waals surface area (Å²) in [5.74, 6) is -0.622. The summed E-state index contributed by atoms with van der Waals surface area (Å²) in [7, 11) is 0. The molecular formula is C13H19NO2. The average Bonchev–Trinajstić information content (AvgIpc) is 2.29. The van der Waals surface area contributed by atoms with Crippen LogP contribution in [0.1, 0.15) is 50.5 Å². The summed E-state index contributed by atoms with van der Waals surface area (Å²) < 4.78 is 0. The van der Waals surface area contributed by atoms with Gasteiger partial charge in [0.05, 0.1) is 6.42 Å². The van der Waals surface area contributed by atoms with Crippen LogP contribution in [0.2, 0.25) is 0 Å². The minimum absolute atomic E-state index is 0.109. The molecule has 3 heteroatoms. The maximum absolute atomic E-state index is 10.8. The van der Waals surface area contributed by atoms with E-state index in [4.69, 9.17) is 5.11 Å². The minimum Gasteiger partial charge on any atom is -0.481 e. The number of carbonyl (C=O) groups is 1. The van der Waals surface area contributed by atoms with Gasteiger partial charge in [0.15, 0.2) is 0 Å². The van der Waals surface area contributed by atoms with Gasteiger partial charge in [0.25, 0.3) is 0 Å². The molecule has 0 aliphatic carbocycles. The minimum atomic E-state index is -0.731. The van der Waals surface area contributed by atoms with Crippen molar-refractivity contribution in [2.75, 3.05) is 0 Å². The van der Waals surface area contributed by atoms with Gasteiger partial charge in [-0.1, -0.05) is 32.3 Å². The lowest BCUT2D eigenvalue weighted by atomic mass is 9.91. The summed E-state index contributed by atoms with van der Waals surface area (Å²) >= 11 is 0. The van der Waals surface area contributed by atoms with Gasteiger partial charge in [-0.25, -0.2) is 0 Å². The fraction of sp³-hybridized carbons (Fsp3) is 0.538. The molecule has 1 N–H and O–H groups in total. The van der Waals surface area contributed by atoms with Crippen LogP contribution in [0.5, 0.6) is 0 Å². The molecule has 0 aromatic carbocycles. The van der Waals surface area contributed by atoms with Gasteiger partial charge in [-0.2, -0.15) is 0 Å². The lowest BCUT2D eigenvalue weighted by Crippen LogP contribution is -2.06. The van der Waals surface area contributed by atoms with Crippen molar-refractivity contribution in [2.24, 2.45) is 0 Å². The maximum Gasteiger partial charge on any atom is 0.303 e. The molecule has 0 aliphatic heterocycles. The number of aromatic nitrogens is 1. The summed E-state index contributed by atoms with van der Waals surface area (Å²) in [4.78, 5) is 14.8. The third-order valence-corrected chi connectivity index (χ3v) is 2.73. The van der Waals surface area contributed by atoms with Gasteiger partial charge < -0.3 is 5.11 Å². The predicted molar refractivity (Wildman–Crippen MR) is 63.4 cm³/mol. The zero-order chi connectivity index (χ0) is 11.8. The highest BCUT2D eigenvalue weighted by molar-refractivity contribution is 5.68. The van der Waals surface area contributed by atoms with E-state index in [1.54, 1.807) is 12.4 Å². The van der Waals surface area contributed by atoms with Crippen molar-refractivity contribution in [3.63, 3.8) is 0 Å². The molecule has 3 nitrogen and oxygen atoms in total. The Hall–Kier alpha value is -1.38. The molecule has 0 saturated carbocycles. The number of nitrogens with zero attached hydrogens (tertiary/aromatic N) is 1. The smallest absolute Gasteiger partial charge is 0.303 e. The van der Waals surface area contributed by atoms with Gasteiger partial charge in [-0.05, 0) is 24.0 Å². The van der Waals surface area contributed by atoms with E-state index in [0.29, 0.717) is 0 Å². The Balaban J connectivity index is 2.60. The van der Waals surface area contributed by atoms with Crippen molar-refractivity contribution >= 4 is 5.97 Å². The highest BCUT2D eigenvalue weighted by Gasteiger charge is 2.15. The molecule has 0 saturated heterocycles. The van der Waals surface area contributed by atoms with E-state index in [1.165, 1.54) is 0 Å². The van der Waals surface area contributed by atoms with Gasteiger partial charge in [0.2, 0.25) is 0 Å². The largest absolute Gasteiger partial charge is 0.481 e. The lowest BCUT2D eigenvalue weighted by Gasteiger charge is -2.14. The molecule has 0 fully saturated rings. The molecular weight excluding hydrogens is 202 g/mol. The number of rotatable bonds is 7. The number of carboxylic acids is 1. The van der Waals surface area contributed by atoms with Crippen LogP contribution in [0.4, 0.5) is 0 Å². The van der Waals surface area contributed by atoms with Crippen molar-refractivity contribution in [3.8, 4) is 0 Å². The van der Waals surface area contributed by atoms with E-state index < -0.39 is 5.97 Å². The average molecular weight is 221 g/mol. The van der Waals surface area contributed by atoms with Crippen molar-refractivity contribution in [2.45, 2.75) is 44.9 Å². The Morgan fingerprint density at radius 2 is 2.31 bits per heavy atom. The predicted octanol–water partition coefficient (Wildman–Crippen LogP) is 3.22. The Kier molecular flexibility index (Phi) is 5.54. The van der Waals surface area contributed by atoms with Crippen LogP contribution in [0, 0.1) is 0 Å². The van der Waals surface area contributed by atoms with E-state index in [-0.39, 0.29) is 12.3 Å². The number of hydrogen-bond donors (Lipinski definition) is 1. The number of aliphatic carboxylic acids is 1. The summed E-state index contributed by atoms with van der Waals surface area (Å²) in [6, 6.07) is 3.83. The third kappa shape index (κ3) is 4.43. The van der Waals surface area contributed by atoms with Crippen LogP contribution >= 0.6 is 0 Å². The Morgan fingerprint density at radius 3 is 2.88 bits per heavy atom. The number of unbranched alkanes of at least 4 members (excludes halogenated alkanes) is 2. The van der Waals surface area contributed by atoms with E-state index >= 15 is 0 Å². The lowest BCUT2D eigenvalue weighted by molar-refractivity contribution is -0.137. The van der Waals surface area contributed by atoms with E-state index in [1.807, 2.05) is 12.1 Å². The van der Waals surface area contributed by atoms with Crippen molar-refractivity contribution in [3.05, 3.63) is 30.1 Å². The SMILES string of the molecule is CCCCCC(CC(=O)O)c1cccnc1. The topological polar surface area (TPSA) is 50.2 Å². The monoisotopic (exact) mass is 221 g/mol. The first-order chi connectivity index (χ1) is 7.74. The normalized spacial score (nSPS) is 12.3. The second kappa shape index (κ2) is 6.99. The zero-order valence-electron chi connectivity index (χ0n) is 9.72. The second-order valence-electron chi connectivity index (χ2n) is 4.08. The standard InChI is InChI=1S/C13H19NO2/c1-2-3-4-6-11(9-13(15)16)12-7-5-8-14-10-12/h5,7-8,10-11H,2-4,6,9H2,1H3,(H,15,16). The molecule has 1 aromatic rings. The van der Waals surface area contributed by atoms with E-state index in [9.17, 15) is 4.79 Å². The Morgan fingerprint density at radius 1 is 1.50 bits per heavy atom. The van der Waals surface area contributed by atoms with Crippen molar-refractivity contribution < 1.29 is 9.90 Å². The molecule has 88 valence electrons. The van der Waals surface area contributed by atoms with Crippen LogP contribution in [0.3, 0.4) is 0 Å². The highest BCUT2D eigenvalue weighted by atomic mass is 16.4. The van der Waals surface area contributed by atoms with Crippen LogP contribution in [0.15, 0.2) is 24.5 Å². The molecule has 0 spiro atoms. The van der Waals surface area contributed by atoms with Gasteiger partial charge in [0.1, 0.15) is 0 Å². The summed E-state index contributed by atoms with van der Waals surface area (Å²) in [5, 5.41) is 8.88. The van der Waals surface area contributed by atoms with Gasteiger partial charge in [0, 0.05) is 12.4 Å². The van der Waals surface area contributed by atoms with E-state index in [2.05, 4.69) is 11.9 Å². The van der Waals surface area contributed by atoms with Crippen LogP contribution in [-0.2, 0) is 4.79 Å². The fourth-order valence-corrected chi connectivity index (χ4v) is 1.86. The maximum atomic E-state index is 10.8. The third-order valence-electron chi connectivity index (χ3n) is 2.73. The van der Waals surface area contributed by atoms with Crippen LogP contribution < -0.4 is 0 Å². The molecule has 1 atom stereocenters. The summed E-state index contributed by atoms with van der Waals surface area (Å²) in [5.41, 5.74) is 1.04. The van der Waals surface area contributed by atoms with Crippen LogP contribution in [0.25, 0.3) is 0 Å². The first kappa shape index (κ1) is 12.7. The molecule has 1 aromatic heterocycles. The second-order valence-corrected chi connectivity index (χ2v) is 4.08. The van der Waals surface area contributed by atoms with Crippen LogP contribution in [-0.4, -0.2) is 16.1 Å². The number of carboxylic acid groups (broad SMARTS) is 1.